The van der Waals surface area contributed by atoms with E-state index in [4.69, 9.17) is 31.5 Å². The van der Waals surface area contributed by atoms with Gasteiger partial charge in [-0.05, 0) is 13.3 Å². The normalized spacial score (nSPS) is 12.5. The second kappa shape index (κ2) is 11.5. The lowest BCUT2D eigenvalue weighted by Crippen LogP contribution is -2.19. The Morgan fingerprint density at radius 1 is 1.14 bits per heavy atom. The van der Waals surface area contributed by atoms with E-state index >= 15 is 0 Å². The Balaban J connectivity index is 2.03. The summed E-state index contributed by atoms with van der Waals surface area (Å²) < 4.78 is 15.7. The Morgan fingerprint density at radius 2 is 1.82 bits per heavy atom. The number of anilines is 1. The minimum atomic E-state index is -0.607. The van der Waals surface area contributed by atoms with E-state index in [1.807, 2.05) is 6.92 Å². The van der Waals surface area contributed by atoms with Gasteiger partial charge in [-0.15, -0.1) is 10.2 Å². The molecule has 22 heavy (non-hydrogen) atoms. The minimum absolute atomic E-state index is 0.0805. The summed E-state index contributed by atoms with van der Waals surface area (Å²) in [6, 6.07) is 0. The molecule has 1 aromatic rings. The highest BCUT2D eigenvalue weighted by Crippen LogP contribution is 2.11. The van der Waals surface area contributed by atoms with E-state index in [0.29, 0.717) is 51.7 Å². The van der Waals surface area contributed by atoms with Crippen LogP contribution in [-0.4, -0.2) is 66.0 Å². The van der Waals surface area contributed by atoms with Gasteiger partial charge >= 0.3 is 0 Å². The van der Waals surface area contributed by atoms with Crippen molar-refractivity contribution in [2.24, 2.45) is 0 Å². The maximum atomic E-state index is 9.79. The smallest absolute Gasteiger partial charge is 0.193 e. The Hall–Kier alpha value is -1.06. The van der Waals surface area contributed by atoms with Gasteiger partial charge in [0.15, 0.2) is 16.8 Å². The molecule has 0 amide bonds. The summed E-state index contributed by atoms with van der Waals surface area (Å²) in [5.41, 5.74) is 5.53. The SMILES string of the molecule is CCOCCOCCOCC(O)CCc1nnc(Cl)c(N)n1. The van der Waals surface area contributed by atoms with Crippen molar-refractivity contribution in [3.63, 3.8) is 0 Å². The number of ether oxygens (including phenoxy) is 3. The van der Waals surface area contributed by atoms with Gasteiger partial charge in [-0.2, -0.15) is 0 Å². The van der Waals surface area contributed by atoms with Gasteiger partial charge in [-0.25, -0.2) is 4.98 Å². The summed E-state index contributed by atoms with van der Waals surface area (Å²) in [4.78, 5) is 3.98. The first-order chi connectivity index (χ1) is 10.6. The lowest BCUT2D eigenvalue weighted by atomic mass is 10.2. The topological polar surface area (TPSA) is 113 Å². The molecular formula is C13H23ClN4O4. The van der Waals surface area contributed by atoms with Crippen LogP contribution in [0.4, 0.5) is 5.82 Å². The molecule has 126 valence electrons. The summed E-state index contributed by atoms with van der Waals surface area (Å²) in [6.07, 6.45) is 0.293. The number of halogens is 1. The Kier molecular flexibility index (Phi) is 9.93. The predicted octanol–water partition coefficient (Wildman–Crippen LogP) is 0.470. The zero-order valence-electron chi connectivity index (χ0n) is 12.7. The molecule has 0 fully saturated rings. The van der Waals surface area contributed by atoms with Crippen LogP contribution in [0.2, 0.25) is 5.15 Å². The molecule has 8 nitrogen and oxygen atoms in total. The highest BCUT2D eigenvalue weighted by atomic mass is 35.5. The molecule has 0 aliphatic carbocycles. The number of nitrogens with two attached hydrogens (primary N) is 1. The number of nitrogen functional groups attached to an aromatic ring is 1. The quantitative estimate of drug-likeness (QED) is 0.530. The molecule has 9 heteroatoms. The van der Waals surface area contributed by atoms with Gasteiger partial charge in [0.05, 0.1) is 39.1 Å². The van der Waals surface area contributed by atoms with Crippen LogP contribution in [0, 0.1) is 0 Å². The second-order valence-electron chi connectivity index (χ2n) is 4.48. The maximum absolute atomic E-state index is 9.79. The van der Waals surface area contributed by atoms with E-state index in [1.165, 1.54) is 0 Å². The van der Waals surface area contributed by atoms with E-state index in [9.17, 15) is 5.11 Å². The van der Waals surface area contributed by atoms with Gasteiger partial charge in [0, 0.05) is 13.0 Å². The predicted molar refractivity (Wildman–Crippen MR) is 81.7 cm³/mol. The molecular weight excluding hydrogens is 312 g/mol. The molecule has 0 aliphatic rings. The number of nitrogens with zero attached hydrogens (tertiary/aromatic N) is 3. The molecule has 0 spiro atoms. The van der Waals surface area contributed by atoms with Crippen molar-refractivity contribution in [3.05, 3.63) is 11.0 Å². The zero-order chi connectivity index (χ0) is 16.2. The van der Waals surface area contributed by atoms with Crippen LogP contribution in [-0.2, 0) is 20.6 Å². The van der Waals surface area contributed by atoms with Crippen LogP contribution in [0.3, 0.4) is 0 Å². The zero-order valence-corrected chi connectivity index (χ0v) is 13.5. The molecule has 3 N–H and O–H groups in total. The highest BCUT2D eigenvalue weighted by molar-refractivity contribution is 6.31. The largest absolute Gasteiger partial charge is 0.391 e. The molecule has 0 aromatic carbocycles. The highest BCUT2D eigenvalue weighted by Gasteiger charge is 2.08. The molecule has 1 unspecified atom stereocenters. The van der Waals surface area contributed by atoms with Crippen molar-refractivity contribution in [1.29, 1.82) is 0 Å². The third kappa shape index (κ3) is 8.40. The van der Waals surface area contributed by atoms with Crippen molar-refractivity contribution < 1.29 is 19.3 Å². The molecule has 0 radical (unpaired) electrons. The molecule has 0 aliphatic heterocycles. The summed E-state index contributed by atoms with van der Waals surface area (Å²) in [5.74, 6) is 0.585. The first-order valence-electron chi connectivity index (χ1n) is 7.19. The van der Waals surface area contributed by atoms with E-state index in [0.717, 1.165) is 0 Å². The molecule has 1 heterocycles. The van der Waals surface area contributed by atoms with Crippen LogP contribution >= 0.6 is 11.6 Å². The Labute approximate surface area is 134 Å². The van der Waals surface area contributed by atoms with Crippen molar-refractivity contribution in [1.82, 2.24) is 15.2 Å². The standard InChI is InChI=1S/C13H23ClN4O4/c1-2-20-5-6-21-7-8-22-9-10(19)3-4-11-16-13(15)12(14)18-17-11/h10,19H,2-9H2,1H3,(H2,15,16,17). The number of aromatic nitrogens is 3. The summed E-state index contributed by atoms with van der Waals surface area (Å²) in [7, 11) is 0. The average molecular weight is 335 g/mol. The minimum Gasteiger partial charge on any atom is -0.391 e. The lowest BCUT2D eigenvalue weighted by Gasteiger charge is -2.11. The second-order valence-corrected chi connectivity index (χ2v) is 4.84. The number of aliphatic hydroxyl groups excluding tert-OH is 1. The molecule has 1 aromatic heterocycles. The van der Waals surface area contributed by atoms with E-state index in [2.05, 4.69) is 15.2 Å². The summed E-state index contributed by atoms with van der Waals surface area (Å²) in [6.45, 7) is 4.87. The Bertz CT molecular complexity index is 425. The van der Waals surface area contributed by atoms with Crippen molar-refractivity contribution in [2.75, 3.05) is 45.4 Å². The number of aryl methyl sites for hydroxylation is 1. The average Bonchev–Trinajstić information content (AvgIpc) is 2.51. The van der Waals surface area contributed by atoms with Crippen molar-refractivity contribution >= 4 is 17.4 Å². The first-order valence-corrected chi connectivity index (χ1v) is 7.57. The van der Waals surface area contributed by atoms with Gasteiger partial charge in [0.25, 0.3) is 0 Å². The molecule has 1 atom stereocenters. The van der Waals surface area contributed by atoms with Crippen LogP contribution in [0.1, 0.15) is 19.2 Å². The third-order valence-electron chi connectivity index (χ3n) is 2.67. The van der Waals surface area contributed by atoms with Gasteiger partial charge in [0.2, 0.25) is 0 Å². The van der Waals surface area contributed by atoms with Crippen LogP contribution in [0.15, 0.2) is 0 Å². The number of hydrogen-bond acceptors (Lipinski definition) is 8. The van der Waals surface area contributed by atoms with Crippen molar-refractivity contribution in [3.8, 4) is 0 Å². The number of rotatable bonds is 12. The van der Waals surface area contributed by atoms with Gasteiger partial charge in [0.1, 0.15) is 0 Å². The lowest BCUT2D eigenvalue weighted by molar-refractivity contribution is -0.0103. The van der Waals surface area contributed by atoms with E-state index in [1.54, 1.807) is 0 Å². The monoisotopic (exact) mass is 334 g/mol. The molecule has 1 rings (SSSR count). The fourth-order valence-corrected chi connectivity index (χ4v) is 1.63. The van der Waals surface area contributed by atoms with E-state index < -0.39 is 6.10 Å². The van der Waals surface area contributed by atoms with Gasteiger partial charge < -0.3 is 25.1 Å². The molecule has 0 saturated carbocycles. The fraction of sp³-hybridized carbons (Fsp3) is 0.769. The van der Waals surface area contributed by atoms with Crippen LogP contribution < -0.4 is 5.73 Å². The van der Waals surface area contributed by atoms with Crippen LogP contribution in [0.25, 0.3) is 0 Å². The van der Waals surface area contributed by atoms with Gasteiger partial charge in [-0.1, -0.05) is 11.6 Å². The van der Waals surface area contributed by atoms with Crippen LogP contribution in [0.5, 0.6) is 0 Å². The number of hydrogen-bond donors (Lipinski definition) is 2. The maximum Gasteiger partial charge on any atom is 0.193 e. The first kappa shape index (κ1) is 19.0. The third-order valence-corrected chi connectivity index (χ3v) is 2.94. The fourth-order valence-electron chi connectivity index (χ4n) is 1.55. The summed E-state index contributed by atoms with van der Waals surface area (Å²) in [5, 5.41) is 17.3. The van der Waals surface area contributed by atoms with E-state index in [-0.39, 0.29) is 17.6 Å². The van der Waals surface area contributed by atoms with Crippen molar-refractivity contribution in [2.45, 2.75) is 25.9 Å². The number of aliphatic hydroxyl groups is 1. The Morgan fingerprint density at radius 3 is 2.50 bits per heavy atom. The van der Waals surface area contributed by atoms with Gasteiger partial charge in [-0.3, -0.25) is 0 Å². The molecule has 0 bridgehead atoms. The summed E-state index contributed by atoms with van der Waals surface area (Å²) >= 11 is 5.63. The molecule has 0 saturated heterocycles.